The van der Waals surface area contributed by atoms with Crippen molar-refractivity contribution in [2.45, 2.75) is 31.1 Å². The Morgan fingerprint density at radius 1 is 0.925 bits per heavy atom. The molecular formula is C27H28N6O6S. The number of carbonyl (C=O) groups excluding carboxylic acids is 1. The van der Waals surface area contributed by atoms with Gasteiger partial charge in [0, 0.05) is 12.4 Å². The molecule has 0 unspecified atom stereocenters. The maximum atomic E-state index is 13.5. The van der Waals surface area contributed by atoms with E-state index in [1.54, 1.807) is 42.5 Å². The summed E-state index contributed by atoms with van der Waals surface area (Å²) >= 11 is 0. The number of carbonyl (C=O) groups is 1. The number of primary amides is 1. The minimum absolute atomic E-state index is 0.0144. The molecule has 1 amide bonds. The zero-order chi connectivity index (χ0) is 28.9. The summed E-state index contributed by atoms with van der Waals surface area (Å²) in [6.07, 6.45) is 2.94. The Kier molecular flexibility index (Phi) is 8.14. The molecule has 208 valence electrons. The molecule has 0 saturated heterocycles. The van der Waals surface area contributed by atoms with E-state index in [-0.39, 0.29) is 45.2 Å². The zero-order valence-electron chi connectivity index (χ0n) is 22.3. The van der Waals surface area contributed by atoms with Gasteiger partial charge in [0.25, 0.3) is 21.8 Å². The molecule has 2 aromatic heterocycles. The average Bonchev–Trinajstić information content (AvgIpc) is 2.93. The van der Waals surface area contributed by atoms with Crippen molar-refractivity contribution < 1.29 is 27.4 Å². The highest BCUT2D eigenvalue weighted by Crippen LogP contribution is 2.41. The number of sulfonamides is 1. The standard InChI is InChI=1S/C27H28N6O6S/c1-27(2,3)17-10-12-18(13-11-17)40(35,36)33-23-22(39-20-9-6-5-8-19(20)37-4)26(38-16-21(28)34)32-25(31-23)24-29-14-7-15-30-24/h5-15H,16H2,1-4H3,(H2,28,34)(H,31,32,33). The first-order chi connectivity index (χ1) is 19.0. The topological polar surface area (TPSA) is 169 Å². The van der Waals surface area contributed by atoms with E-state index in [0.717, 1.165) is 5.56 Å². The van der Waals surface area contributed by atoms with Gasteiger partial charge in [0.1, 0.15) is 0 Å². The molecule has 0 fully saturated rings. The number of amides is 1. The van der Waals surface area contributed by atoms with Gasteiger partial charge in [0.2, 0.25) is 11.6 Å². The molecule has 0 saturated carbocycles. The lowest BCUT2D eigenvalue weighted by Gasteiger charge is -2.20. The molecule has 4 rings (SSSR count). The second-order valence-electron chi connectivity index (χ2n) is 9.49. The fourth-order valence-corrected chi connectivity index (χ4v) is 4.48. The van der Waals surface area contributed by atoms with Crippen LogP contribution >= 0.6 is 0 Å². The van der Waals surface area contributed by atoms with Crippen molar-refractivity contribution in [1.82, 2.24) is 19.9 Å². The molecule has 2 heterocycles. The molecule has 0 aliphatic rings. The van der Waals surface area contributed by atoms with Crippen LogP contribution in [0.4, 0.5) is 5.82 Å². The van der Waals surface area contributed by atoms with Crippen molar-refractivity contribution in [2.75, 3.05) is 18.4 Å². The van der Waals surface area contributed by atoms with Crippen molar-refractivity contribution in [3.8, 4) is 34.8 Å². The number of methoxy groups -OCH3 is 1. The van der Waals surface area contributed by atoms with E-state index in [1.165, 1.54) is 31.6 Å². The van der Waals surface area contributed by atoms with Crippen LogP contribution in [0.15, 0.2) is 71.9 Å². The number of hydrogen-bond acceptors (Lipinski definition) is 10. The van der Waals surface area contributed by atoms with E-state index < -0.39 is 22.5 Å². The third-order valence-corrected chi connectivity index (χ3v) is 6.85. The second-order valence-corrected chi connectivity index (χ2v) is 11.2. The summed E-state index contributed by atoms with van der Waals surface area (Å²) in [6.45, 7) is 5.50. The number of ether oxygens (including phenoxy) is 3. The van der Waals surface area contributed by atoms with Gasteiger partial charge in [-0.15, -0.1) is 0 Å². The molecule has 0 bridgehead atoms. The lowest BCUT2D eigenvalue weighted by atomic mass is 9.87. The van der Waals surface area contributed by atoms with Crippen LogP contribution in [0.1, 0.15) is 26.3 Å². The molecule has 0 spiro atoms. The van der Waals surface area contributed by atoms with E-state index >= 15 is 0 Å². The van der Waals surface area contributed by atoms with Gasteiger partial charge in [-0.1, -0.05) is 45.0 Å². The van der Waals surface area contributed by atoms with Crippen LogP contribution in [0.25, 0.3) is 11.6 Å². The summed E-state index contributed by atoms with van der Waals surface area (Å²) in [5.41, 5.74) is 6.08. The van der Waals surface area contributed by atoms with Crippen molar-refractivity contribution >= 4 is 21.7 Å². The highest BCUT2D eigenvalue weighted by molar-refractivity contribution is 7.92. The first-order valence-electron chi connectivity index (χ1n) is 12.0. The third kappa shape index (κ3) is 6.61. The zero-order valence-corrected chi connectivity index (χ0v) is 23.1. The van der Waals surface area contributed by atoms with Gasteiger partial charge in [0.15, 0.2) is 29.7 Å². The van der Waals surface area contributed by atoms with E-state index in [0.29, 0.717) is 5.75 Å². The molecule has 4 aromatic rings. The lowest BCUT2D eigenvalue weighted by Crippen LogP contribution is -2.21. The van der Waals surface area contributed by atoms with E-state index in [1.807, 2.05) is 20.8 Å². The number of anilines is 1. The molecule has 3 N–H and O–H groups in total. The second kappa shape index (κ2) is 11.5. The minimum atomic E-state index is -4.19. The van der Waals surface area contributed by atoms with Crippen molar-refractivity contribution in [3.05, 3.63) is 72.6 Å². The van der Waals surface area contributed by atoms with Crippen molar-refractivity contribution in [3.63, 3.8) is 0 Å². The monoisotopic (exact) mass is 564 g/mol. The number of nitrogens with one attached hydrogen (secondary N) is 1. The highest BCUT2D eigenvalue weighted by atomic mass is 32.2. The van der Waals surface area contributed by atoms with Gasteiger partial charge in [-0.3, -0.25) is 9.52 Å². The summed E-state index contributed by atoms with van der Waals surface area (Å²) in [7, 11) is -2.74. The van der Waals surface area contributed by atoms with Crippen molar-refractivity contribution in [2.24, 2.45) is 5.73 Å². The normalized spacial score (nSPS) is 11.5. The number of nitrogens with two attached hydrogens (primary N) is 1. The van der Waals surface area contributed by atoms with Crippen molar-refractivity contribution in [1.29, 1.82) is 0 Å². The SMILES string of the molecule is COc1ccccc1Oc1c(NS(=O)(=O)c2ccc(C(C)(C)C)cc2)nc(-c2ncccn2)nc1OCC(N)=O. The fourth-order valence-electron chi connectivity index (χ4n) is 3.48. The Bertz CT molecular complexity index is 1610. The van der Waals surface area contributed by atoms with E-state index in [2.05, 4.69) is 24.7 Å². The third-order valence-electron chi connectivity index (χ3n) is 5.49. The molecule has 0 radical (unpaired) electrons. The predicted molar refractivity (Wildman–Crippen MR) is 147 cm³/mol. The van der Waals surface area contributed by atoms with Gasteiger partial charge in [0.05, 0.1) is 12.0 Å². The molecule has 0 aliphatic heterocycles. The lowest BCUT2D eigenvalue weighted by molar-refractivity contribution is -0.120. The average molecular weight is 565 g/mol. The van der Waals surface area contributed by atoms with Crippen LogP contribution in [-0.4, -0.2) is 48.0 Å². The van der Waals surface area contributed by atoms with E-state index in [9.17, 15) is 13.2 Å². The predicted octanol–water partition coefficient (Wildman–Crippen LogP) is 3.70. The molecule has 2 aromatic carbocycles. The Hall–Kier alpha value is -4.78. The number of para-hydroxylation sites is 2. The van der Waals surface area contributed by atoms with Gasteiger partial charge >= 0.3 is 0 Å². The van der Waals surface area contributed by atoms with Gasteiger partial charge in [-0.2, -0.15) is 4.98 Å². The maximum Gasteiger partial charge on any atom is 0.264 e. The smallest absolute Gasteiger partial charge is 0.264 e. The number of nitrogens with zero attached hydrogens (tertiary/aromatic N) is 4. The van der Waals surface area contributed by atoms with Crippen LogP contribution in [0.5, 0.6) is 23.1 Å². The quantitative estimate of drug-likeness (QED) is 0.290. The van der Waals surface area contributed by atoms with Gasteiger partial charge in [-0.05, 0) is 41.3 Å². The Balaban J connectivity index is 1.87. The van der Waals surface area contributed by atoms with Crippen LogP contribution in [0.2, 0.25) is 0 Å². The summed E-state index contributed by atoms with van der Waals surface area (Å²) in [6, 6.07) is 14.7. The first-order valence-corrected chi connectivity index (χ1v) is 13.5. The van der Waals surface area contributed by atoms with Crippen LogP contribution < -0.4 is 24.7 Å². The first kappa shape index (κ1) is 28.2. The minimum Gasteiger partial charge on any atom is -0.493 e. The summed E-state index contributed by atoms with van der Waals surface area (Å²) in [4.78, 5) is 28.5. The molecule has 40 heavy (non-hydrogen) atoms. The number of hydrogen-bond donors (Lipinski definition) is 2. The Labute approximate surface area is 231 Å². The number of rotatable bonds is 10. The van der Waals surface area contributed by atoms with Crippen LogP contribution in [0.3, 0.4) is 0 Å². The molecular weight excluding hydrogens is 536 g/mol. The summed E-state index contributed by atoms with van der Waals surface area (Å²) in [5, 5.41) is 0. The van der Waals surface area contributed by atoms with Gasteiger partial charge in [-0.25, -0.2) is 23.4 Å². The molecule has 13 heteroatoms. The molecule has 0 atom stereocenters. The maximum absolute atomic E-state index is 13.5. The fraction of sp³-hybridized carbons (Fsp3) is 0.222. The Morgan fingerprint density at radius 3 is 2.17 bits per heavy atom. The number of aromatic nitrogens is 4. The largest absolute Gasteiger partial charge is 0.493 e. The number of benzene rings is 2. The molecule has 0 aliphatic carbocycles. The molecule has 12 nitrogen and oxygen atoms in total. The van der Waals surface area contributed by atoms with Gasteiger partial charge < -0.3 is 19.9 Å². The van der Waals surface area contributed by atoms with Crippen LogP contribution in [-0.2, 0) is 20.2 Å². The highest BCUT2D eigenvalue weighted by Gasteiger charge is 2.26. The van der Waals surface area contributed by atoms with Crippen LogP contribution in [0, 0.1) is 0 Å². The summed E-state index contributed by atoms with van der Waals surface area (Å²) < 4.78 is 46.4. The Morgan fingerprint density at radius 2 is 1.57 bits per heavy atom. The van der Waals surface area contributed by atoms with E-state index in [4.69, 9.17) is 19.9 Å². The summed E-state index contributed by atoms with van der Waals surface area (Å²) in [5.74, 6) is -1.06.